The summed E-state index contributed by atoms with van der Waals surface area (Å²) in [5, 5.41) is 13.3. The van der Waals surface area contributed by atoms with Gasteiger partial charge in [0.2, 0.25) is 0 Å². The number of aliphatic hydroxyl groups is 1. The molecule has 0 aromatic heterocycles. The third-order valence-electron chi connectivity index (χ3n) is 6.37. The molecule has 0 bridgehead atoms. The molecule has 1 heterocycles. The van der Waals surface area contributed by atoms with Gasteiger partial charge in [0.15, 0.2) is 0 Å². The number of piperazine rings is 1. The van der Waals surface area contributed by atoms with Crippen LogP contribution >= 0.6 is 0 Å². The lowest BCUT2D eigenvalue weighted by atomic mass is 9.60. The molecule has 2 saturated carbocycles. The zero-order valence-corrected chi connectivity index (χ0v) is 15.7. The molecule has 1 unspecified atom stereocenters. The summed E-state index contributed by atoms with van der Waals surface area (Å²) in [5.41, 5.74) is -0.0268. The van der Waals surface area contributed by atoms with E-state index in [9.17, 15) is 9.90 Å². The van der Waals surface area contributed by atoms with Crippen molar-refractivity contribution >= 4 is 6.03 Å². The third kappa shape index (κ3) is 4.23. The molecule has 24 heavy (non-hydrogen) atoms. The quantitative estimate of drug-likeness (QED) is 0.832. The molecule has 1 aliphatic heterocycles. The molecular weight excluding hydrogens is 302 g/mol. The number of β-amino-alcohol motifs (C(OH)–C–C–N with tert-alkyl or cyclic N) is 1. The molecule has 1 atom stereocenters. The number of rotatable bonds is 3. The summed E-state index contributed by atoms with van der Waals surface area (Å²) in [6.07, 6.45) is 9.13. The van der Waals surface area contributed by atoms with E-state index in [0.29, 0.717) is 18.0 Å². The van der Waals surface area contributed by atoms with Crippen molar-refractivity contribution in [3.8, 4) is 0 Å². The second kappa shape index (κ2) is 6.83. The first-order valence-electron chi connectivity index (χ1n) is 9.78. The maximum atomic E-state index is 12.7. The molecule has 3 aliphatic rings. The predicted octanol–water partition coefficient (Wildman–Crippen LogP) is 2.59. The fourth-order valence-electron chi connectivity index (χ4n) is 4.83. The van der Waals surface area contributed by atoms with E-state index in [1.165, 1.54) is 32.1 Å². The van der Waals surface area contributed by atoms with E-state index in [2.05, 4.69) is 17.1 Å². The van der Waals surface area contributed by atoms with Gasteiger partial charge in [-0.05, 0) is 64.7 Å². The highest BCUT2D eigenvalue weighted by Gasteiger charge is 2.40. The third-order valence-corrected chi connectivity index (χ3v) is 6.37. The first-order valence-corrected chi connectivity index (χ1v) is 9.78. The maximum absolute atomic E-state index is 12.7. The Morgan fingerprint density at radius 2 is 1.88 bits per heavy atom. The maximum Gasteiger partial charge on any atom is 0.317 e. The van der Waals surface area contributed by atoms with Crippen molar-refractivity contribution in [1.29, 1.82) is 0 Å². The molecule has 5 heteroatoms. The van der Waals surface area contributed by atoms with E-state index < -0.39 is 5.60 Å². The van der Waals surface area contributed by atoms with Crippen molar-refractivity contribution in [2.24, 2.45) is 5.41 Å². The summed E-state index contributed by atoms with van der Waals surface area (Å²) in [4.78, 5) is 16.9. The number of amides is 2. The van der Waals surface area contributed by atoms with Gasteiger partial charge in [-0.3, -0.25) is 4.90 Å². The lowest BCUT2D eigenvalue weighted by Gasteiger charge is -2.47. The van der Waals surface area contributed by atoms with Crippen LogP contribution < -0.4 is 5.32 Å². The Morgan fingerprint density at radius 1 is 1.21 bits per heavy atom. The van der Waals surface area contributed by atoms with Gasteiger partial charge in [-0.2, -0.15) is 0 Å². The molecule has 138 valence electrons. The van der Waals surface area contributed by atoms with Gasteiger partial charge in [0.25, 0.3) is 0 Å². The first kappa shape index (κ1) is 18.0. The number of hydrogen-bond donors (Lipinski definition) is 2. The molecule has 0 aromatic carbocycles. The highest BCUT2D eigenvalue weighted by atomic mass is 16.3. The SMILES string of the molecule is CC1CN(CC(C)(C)O)CCN1C(=O)NC1CCC2(CCC2)CC1. The summed E-state index contributed by atoms with van der Waals surface area (Å²) in [6, 6.07) is 0.674. The lowest BCUT2D eigenvalue weighted by molar-refractivity contribution is 0.0110. The Balaban J connectivity index is 1.44. The van der Waals surface area contributed by atoms with Crippen LogP contribution in [0.1, 0.15) is 65.7 Å². The molecule has 2 amide bonds. The molecule has 5 nitrogen and oxygen atoms in total. The zero-order valence-electron chi connectivity index (χ0n) is 15.7. The summed E-state index contributed by atoms with van der Waals surface area (Å²) in [7, 11) is 0. The van der Waals surface area contributed by atoms with Crippen molar-refractivity contribution < 1.29 is 9.90 Å². The van der Waals surface area contributed by atoms with Crippen LogP contribution in [-0.2, 0) is 0 Å². The second-order valence-electron chi connectivity index (χ2n) is 9.17. The Bertz CT molecular complexity index is 446. The standard InChI is InChI=1S/C19H35N3O2/c1-15-13-21(14-18(2,3)24)11-12-22(15)17(23)20-16-5-9-19(10-6-16)7-4-8-19/h15-16,24H,4-14H2,1-3H3,(H,20,23). The van der Waals surface area contributed by atoms with E-state index in [1.54, 1.807) is 0 Å². The normalized spacial score (nSPS) is 28.7. The average molecular weight is 338 g/mol. The minimum absolute atomic E-state index is 0.111. The Morgan fingerprint density at radius 3 is 2.38 bits per heavy atom. The van der Waals surface area contributed by atoms with Crippen LogP contribution in [-0.4, -0.2) is 64.8 Å². The van der Waals surface area contributed by atoms with Crippen LogP contribution in [0.2, 0.25) is 0 Å². The highest BCUT2D eigenvalue weighted by molar-refractivity contribution is 5.75. The van der Waals surface area contributed by atoms with Gasteiger partial charge in [0.05, 0.1) is 5.60 Å². The molecule has 2 N–H and O–H groups in total. The number of carbonyl (C=O) groups is 1. The fraction of sp³-hybridized carbons (Fsp3) is 0.947. The molecule has 0 radical (unpaired) electrons. The smallest absolute Gasteiger partial charge is 0.317 e. The number of nitrogens with one attached hydrogen (secondary N) is 1. The lowest BCUT2D eigenvalue weighted by Crippen LogP contribution is -2.59. The minimum Gasteiger partial charge on any atom is -0.389 e. The van der Waals surface area contributed by atoms with Crippen LogP contribution in [0.3, 0.4) is 0 Å². The van der Waals surface area contributed by atoms with Crippen molar-refractivity contribution in [2.45, 2.75) is 83.4 Å². The van der Waals surface area contributed by atoms with Gasteiger partial charge >= 0.3 is 6.03 Å². The molecule has 0 aromatic rings. The topological polar surface area (TPSA) is 55.8 Å². The van der Waals surface area contributed by atoms with Crippen LogP contribution in [0.15, 0.2) is 0 Å². The van der Waals surface area contributed by atoms with Crippen molar-refractivity contribution in [3.63, 3.8) is 0 Å². The Kier molecular flexibility index (Phi) is 5.12. The molecular formula is C19H35N3O2. The predicted molar refractivity (Wildman–Crippen MR) is 96.0 cm³/mol. The summed E-state index contributed by atoms with van der Waals surface area (Å²) < 4.78 is 0. The van der Waals surface area contributed by atoms with Gasteiger partial charge in [-0.15, -0.1) is 0 Å². The number of nitrogens with zero attached hydrogens (tertiary/aromatic N) is 2. The van der Waals surface area contributed by atoms with Gasteiger partial charge in [-0.1, -0.05) is 6.42 Å². The summed E-state index contributed by atoms with van der Waals surface area (Å²) in [5.74, 6) is 0. The van der Waals surface area contributed by atoms with E-state index in [-0.39, 0.29) is 12.1 Å². The number of hydrogen-bond acceptors (Lipinski definition) is 3. The van der Waals surface area contributed by atoms with E-state index in [0.717, 1.165) is 32.5 Å². The van der Waals surface area contributed by atoms with Crippen LogP contribution in [0.5, 0.6) is 0 Å². The fourth-order valence-corrected chi connectivity index (χ4v) is 4.83. The second-order valence-corrected chi connectivity index (χ2v) is 9.17. The van der Waals surface area contributed by atoms with E-state index in [4.69, 9.17) is 0 Å². The average Bonchev–Trinajstić information content (AvgIpc) is 2.44. The molecule has 2 aliphatic carbocycles. The van der Waals surface area contributed by atoms with E-state index >= 15 is 0 Å². The van der Waals surface area contributed by atoms with Crippen molar-refractivity contribution in [2.75, 3.05) is 26.2 Å². The van der Waals surface area contributed by atoms with Crippen molar-refractivity contribution in [1.82, 2.24) is 15.1 Å². The molecule has 3 rings (SSSR count). The van der Waals surface area contributed by atoms with Gasteiger partial charge in [0.1, 0.15) is 0 Å². The highest BCUT2D eigenvalue weighted by Crippen LogP contribution is 2.51. The minimum atomic E-state index is -0.677. The summed E-state index contributed by atoms with van der Waals surface area (Å²) in [6.45, 7) is 8.89. The number of urea groups is 1. The Hall–Kier alpha value is -0.810. The first-order chi connectivity index (χ1) is 11.3. The number of carbonyl (C=O) groups excluding carboxylic acids is 1. The molecule has 1 spiro atoms. The van der Waals surface area contributed by atoms with Gasteiger partial charge in [-0.25, -0.2) is 4.79 Å². The van der Waals surface area contributed by atoms with Gasteiger partial charge < -0.3 is 15.3 Å². The largest absolute Gasteiger partial charge is 0.389 e. The van der Waals surface area contributed by atoms with Crippen LogP contribution in [0.25, 0.3) is 0 Å². The van der Waals surface area contributed by atoms with Crippen LogP contribution in [0, 0.1) is 5.41 Å². The molecule has 3 fully saturated rings. The van der Waals surface area contributed by atoms with E-state index in [1.807, 2.05) is 18.7 Å². The Labute approximate surface area is 146 Å². The van der Waals surface area contributed by atoms with Crippen LogP contribution in [0.4, 0.5) is 4.79 Å². The summed E-state index contributed by atoms with van der Waals surface area (Å²) >= 11 is 0. The molecule has 1 saturated heterocycles. The van der Waals surface area contributed by atoms with Gasteiger partial charge in [0, 0.05) is 38.3 Å². The zero-order chi connectivity index (χ0) is 17.4. The monoisotopic (exact) mass is 337 g/mol. The van der Waals surface area contributed by atoms with Crippen molar-refractivity contribution in [3.05, 3.63) is 0 Å².